The van der Waals surface area contributed by atoms with Crippen LogP contribution in [0.15, 0.2) is 16.6 Å². The molecule has 0 spiro atoms. The van der Waals surface area contributed by atoms with Crippen LogP contribution >= 0.6 is 15.9 Å². The van der Waals surface area contributed by atoms with Gasteiger partial charge in [-0.1, -0.05) is 22.9 Å². The van der Waals surface area contributed by atoms with Crippen molar-refractivity contribution in [1.29, 1.82) is 0 Å². The summed E-state index contributed by atoms with van der Waals surface area (Å²) in [6.07, 6.45) is 1.18. The highest BCUT2D eigenvalue weighted by Gasteiger charge is 2.31. The molecule has 1 fully saturated rings. The van der Waals surface area contributed by atoms with Crippen LogP contribution in [-0.2, 0) is 0 Å². The van der Waals surface area contributed by atoms with E-state index in [2.05, 4.69) is 72.9 Å². The molecule has 106 valence electrons. The lowest BCUT2D eigenvalue weighted by atomic mass is 9.96. The highest BCUT2D eigenvalue weighted by atomic mass is 79.9. The quantitative estimate of drug-likeness (QED) is 0.883. The molecule has 1 N–H and O–H groups in total. The molecule has 1 aliphatic rings. The molecule has 0 amide bonds. The molecule has 1 saturated heterocycles. The molecule has 0 bridgehead atoms. The number of hydrogen-bond donors (Lipinski definition) is 1. The Labute approximate surface area is 125 Å². The lowest BCUT2D eigenvalue weighted by Crippen LogP contribution is -2.61. The maximum Gasteiger partial charge on any atom is 0.0412 e. The van der Waals surface area contributed by atoms with Crippen LogP contribution in [0, 0.1) is 13.8 Å². The lowest BCUT2D eigenvalue weighted by molar-refractivity contribution is 0.306. The molecule has 1 atom stereocenters. The van der Waals surface area contributed by atoms with E-state index >= 15 is 0 Å². The maximum absolute atomic E-state index is 3.66. The number of hydrogen-bond acceptors (Lipinski definition) is 2. The summed E-state index contributed by atoms with van der Waals surface area (Å²) in [4.78, 5) is 2.57. The van der Waals surface area contributed by atoms with E-state index in [1.54, 1.807) is 0 Å². The smallest absolute Gasteiger partial charge is 0.0412 e. The van der Waals surface area contributed by atoms with Gasteiger partial charge in [0.15, 0.2) is 0 Å². The standard InChI is InChI=1S/C16H25BrN2/c1-6-13-9-18-16(4,5)10-19(13)14-7-11(2)15(17)12(3)8-14/h7-8,13,18H,6,9-10H2,1-5H3. The van der Waals surface area contributed by atoms with E-state index in [9.17, 15) is 0 Å². The summed E-state index contributed by atoms with van der Waals surface area (Å²) in [5.74, 6) is 0. The molecule has 3 heteroatoms. The first-order valence-corrected chi connectivity index (χ1v) is 7.92. The van der Waals surface area contributed by atoms with Crippen LogP contribution in [-0.4, -0.2) is 24.7 Å². The number of anilines is 1. The Bertz CT molecular complexity index is 445. The van der Waals surface area contributed by atoms with E-state index < -0.39 is 0 Å². The summed E-state index contributed by atoms with van der Waals surface area (Å²) in [5, 5.41) is 3.65. The maximum atomic E-state index is 3.66. The molecule has 0 aliphatic carbocycles. The van der Waals surface area contributed by atoms with Crippen molar-refractivity contribution in [1.82, 2.24) is 5.32 Å². The first kappa shape index (κ1) is 14.9. The Hall–Kier alpha value is -0.540. The van der Waals surface area contributed by atoms with Gasteiger partial charge in [0, 0.05) is 34.8 Å². The summed E-state index contributed by atoms with van der Waals surface area (Å²) in [6.45, 7) is 13.3. The molecule has 1 aliphatic heterocycles. The van der Waals surface area contributed by atoms with Crippen LogP contribution in [0.3, 0.4) is 0 Å². The highest BCUT2D eigenvalue weighted by Crippen LogP contribution is 2.31. The number of rotatable bonds is 2. The monoisotopic (exact) mass is 324 g/mol. The second-order valence-corrected chi connectivity index (χ2v) is 7.14. The van der Waals surface area contributed by atoms with E-state index in [0.29, 0.717) is 6.04 Å². The molecule has 0 aromatic heterocycles. The van der Waals surface area contributed by atoms with Crippen LogP contribution in [0.25, 0.3) is 0 Å². The summed E-state index contributed by atoms with van der Waals surface area (Å²) in [5.41, 5.74) is 4.18. The van der Waals surface area contributed by atoms with E-state index in [-0.39, 0.29) is 5.54 Å². The van der Waals surface area contributed by atoms with Gasteiger partial charge in [-0.15, -0.1) is 0 Å². The minimum absolute atomic E-state index is 0.181. The molecule has 0 radical (unpaired) electrons. The topological polar surface area (TPSA) is 15.3 Å². The minimum Gasteiger partial charge on any atom is -0.365 e. The molecule has 2 nitrogen and oxygen atoms in total. The summed E-state index contributed by atoms with van der Waals surface area (Å²) in [6, 6.07) is 5.20. The van der Waals surface area contributed by atoms with E-state index in [1.165, 1.54) is 27.7 Å². The number of nitrogens with one attached hydrogen (secondary N) is 1. The number of nitrogens with zero attached hydrogens (tertiary/aromatic N) is 1. The van der Waals surface area contributed by atoms with Crippen LogP contribution < -0.4 is 10.2 Å². The number of benzene rings is 1. The van der Waals surface area contributed by atoms with Crippen molar-refractivity contribution in [2.45, 2.75) is 52.6 Å². The number of piperazine rings is 1. The molecular formula is C16H25BrN2. The zero-order valence-electron chi connectivity index (χ0n) is 12.7. The third-order valence-electron chi connectivity index (χ3n) is 4.05. The van der Waals surface area contributed by atoms with Gasteiger partial charge < -0.3 is 10.2 Å². The minimum atomic E-state index is 0.181. The van der Waals surface area contributed by atoms with Gasteiger partial charge >= 0.3 is 0 Å². The van der Waals surface area contributed by atoms with Crippen molar-refractivity contribution >= 4 is 21.6 Å². The highest BCUT2D eigenvalue weighted by molar-refractivity contribution is 9.10. The van der Waals surface area contributed by atoms with Crippen LogP contribution in [0.4, 0.5) is 5.69 Å². The SMILES string of the molecule is CCC1CNC(C)(C)CN1c1cc(C)c(Br)c(C)c1. The van der Waals surface area contributed by atoms with E-state index in [0.717, 1.165) is 13.1 Å². The van der Waals surface area contributed by atoms with Crippen molar-refractivity contribution in [3.05, 3.63) is 27.7 Å². The van der Waals surface area contributed by atoms with Gasteiger partial charge in [0.05, 0.1) is 0 Å². The number of halogens is 1. The van der Waals surface area contributed by atoms with Gasteiger partial charge in [0.25, 0.3) is 0 Å². The van der Waals surface area contributed by atoms with Gasteiger partial charge in [0.2, 0.25) is 0 Å². The second kappa shape index (κ2) is 5.45. The Morgan fingerprint density at radius 2 is 1.89 bits per heavy atom. The fourth-order valence-corrected chi connectivity index (χ4v) is 3.10. The predicted molar refractivity (Wildman–Crippen MR) is 87.1 cm³/mol. The zero-order valence-corrected chi connectivity index (χ0v) is 14.3. The fraction of sp³-hybridized carbons (Fsp3) is 0.625. The molecule has 1 aromatic rings. The molecule has 1 unspecified atom stereocenters. The molecule has 1 heterocycles. The largest absolute Gasteiger partial charge is 0.365 e. The van der Waals surface area contributed by atoms with Crippen molar-refractivity contribution in [2.75, 3.05) is 18.0 Å². The Morgan fingerprint density at radius 3 is 2.42 bits per heavy atom. The first-order valence-electron chi connectivity index (χ1n) is 7.12. The normalized spacial score (nSPS) is 22.6. The van der Waals surface area contributed by atoms with E-state index in [4.69, 9.17) is 0 Å². The third-order valence-corrected chi connectivity index (χ3v) is 5.30. The lowest BCUT2D eigenvalue weighted by Gasteiger charge is -2.46. The van der Waals surface area contributed by atoms with Crippen molar-refractivity contribution in [3.8, 4) is 0 Å². The van der Waals surface area contributed by atoms with Crippen LogP contribution in [0.1, 0.15) is 38.3 Å². The van der Waals surface area contributed by atoms with Crippen LogP contribution in [0.2, 0.25) is 0 Å². The van der Waals surface area contributed by atoms with Gasteiger partial charge in [-0.25, -0.2) is 0 Å². The summed E-state index contributed by atoms with van der Waals surface area (Å²) in [7, 11) is 0. The Morgan fingerprint density at radius 1 is 1.32 bits per heavy atom. The second-order valence-electron chi connectivity index (χ2n) is 6.35. The average molecular weight is 325 g/mol. The van der Waals surface area contributed by atoms with Gasteiger partial charge in [-0.2, -0.15) is 0 Å². The molecular weight excluding hydrogens is 300 g/mol. The molecule has 0 saturated carbocycles. The third kappa shape index (κ3) is 3.14. The van der Waals surface area contributed by atoms with Gasteiger partial charge in [-0.3, -0.25) is 0 Å². The van der Waals surface area contributed by atoms with Crippen molar-refractivity contribution < 1.29 is 0 Å². The molecule has 2 rings (SSSR count). The fourth-order valence-electron chi connectivity index (χ4n) is 2.87. The number of aryl methyl sites for hydroxylation is 2. The predicted octanol–water partition coefficient (Wildman–Crippen LogP) is 4.03. The molecule has 1 aromatic carbocycles. The van der Waals surface area contributed by atoms with Crippen LogP contribution in [0.5, 0.6) is 0 Å². The summed E-state index contributed by atoms with van der Waals surface area (Å²) >= 11 is 3.66. The van der Waals surface area contributed by atoms with Gasteiger partial charge in [0.1, 0.15) is 0 Å². The average Bonchev–Trinajstić information content (AvgIpc) is 2.34. The van der Waals surface area contributed by atoms with E-state index in [1.807, 2.05) is 0 Å². The summed E-state index contributed by atoms with van der Waals surface area (Å²) < 4.78 is 1.23. The molecule has 19 heavy (non-hydrogen) atoms. The van der Waals surface area contributed by atoms with Crippen molar-refractivity contribution in [2.24, 2.45) is 0 Å². The Balaban J connectivity index is 2.37. The Kier molecular flexibility index (Phi) is 4.26. The zero-order chi connectivity index (χ0) is 14.2. The van der Waals surface area contributed by atoms with Crippen molar-refractivity contribution in [3.63, 3.8) is 0 Å². The van der Waals surface area contributed by atoms with Gasteiger partial charge in [-0.05, 0) is 57.4 Å². The first-order chi connectivity index (χ1) is 8.84.